The van der Waals surface area contributed by atoms with Gasteiger partial charge in [0.05, 0.1) is 18.2 Å². The highest BCUT2D eigenvalue weighted by atomic mass is 16.5. The van der Waals surface area contributed by atoms with Gasteiger partial charge in [-0.15, -0.1) is 0 Å². The molecular formula is C28H22N2O3. The summed E-state index contributed by atoms with van der Waals surface area (Å²) >= 11 is 0. The van der Waals surface area contributed by atoms with Crippen LogP contribution in [0.1, 0.15) is 10.4 Å². The molecule has 0 unspecified atom stereocenters. The number of fused-ring (bicyclic) bond motifs is 2. The number of anilines is 1. The lowest BCUT2D eigenvalue weighted by Gasteiger charge is -2.19. The first-order valence-corrected chi connectivity index (χ1v) is 10.6. The second-order valence-electron chi connectivity index (χ2n) is 7.84. The van der Waals surface area contributed by atoms with Gasteiger partial charge in [0.1, 0.15) is 11.6 Å². The van der Waals surface area contributed by atoms with Gasteiger partial charge in [0.2, 0.25) is 0 Å². The first-order chi connectivity index (χ1) is 16.1. The van der Waals surface area contributed by atoms with Crippen LogP contribution in [0.3, 0.4) is 0 Å². The van der Waals surface area contributed by atoms with E-state index in [1.807, 2.05) is 78.3 Å². The molecule has 33 heavy (non-hydrogen) atoms. The van der Waals surface area contributed by atoms with Crippen molar-refractivity contribution in [3.63, 3.8) is 0 Å². The predicted octanol–water partition coefficient (Wildman–Crippen LogP) is 5.62. The number of rotatable bonds is 4. The number of hydrogen-bond donors (Lipinski definition) is 1. The van der Waals surface area contributed by atoms with E-state index in [4.69, 9.17) is 4.74 Å². The van der Waals surface area contributed by atoms with Crippen molar-refractivity contribution in [2.45, 2.75) is 0 Å². The number of nitrogens with zero attached hydrogens (tertiary/aromatic N) is 1. The highest BCUT2D eigenvalue weighted by molar-refractivity contribution is 6.09. The second kappa shape index (κ2) is 8.28. The van der Waals surface area contributed by atoms with Gasteiger partial charge in [-0.2, -0.15) is 0 Å². The number of aryl methyl sites for hydroxylation is 1. The van der Waals surface area contributed by atoms with Gasteiger partial charge < -0.3 is 14.6 Å². The predicted molar refractivity (Wildman–Crippen MR) is 133 cm³/mol. The Kier molecular flexibility index (Phi) is 5.15. The molecule has 1 amide bonds. The molecule has 4 aromatic carbocycles. The summed E-state index contributed by atoms with van der Waals surface area (Å²) in [6, 6.07) is 28.2. The average Bonchev–Trinajstić information content (AvgIpc) is 2.87. The Morgan fingerprint density at radius 3 is 2.36 bits per heavy atom. The van der Waals surface area contributed by atoms with E-state index in [9.17, 15) is 9.59 Å². The Morgan fingerprint density at radius 1 is 0.848 bits per heavy atom. The van der Waals surface area contributed by atoms with E-state index < -0.39 is 0 Å². The minimum atomic E-state index is -0.319. The summed E-state index contributed by atoms with van der Waals surface area (Å²) in [6.07, 6.45) is 0. The van der Waals surface area contributed by atoms with Crippen molar-refractivity contribution < 1.29 is 9.53 Å². The third-order valence-electron chi connectivity index (χ3n) is 5.93. The molecule has 162 valence electrons. The summed E-state index contributed by atoms with van der Waals surface area (Å²) in [6.45, 7) is 0. The molecule has 5 nitrogen and oxygen atoms in total. The molecule has 0 aliphatic heterocycles. The number of benzene rings is 4. The highest BCUT2D eigenvalue weighted by Crippen LogP contribution is 2.33. The topological polar surface area (TPSA) is 60.3 Å². The fraction of sp³-hybridized carbons (Fsp3) is 0.0714. The summed E-state index contributed by atoms with van der Waals surface area (Å²) in [4.78, 5) is 27.0. The number of carbonyl (C=O) groups excluding carboxylic acids is 1. The van der Waals surface area contributed by atoms with Gasteiger partial charge in [-0.3, -0.25) is 9.59 Å². The first kappa shape index (κ1) is 20.5. The first-order valence-electron chi connectivity index (χ1n) is 10.6. The lowest BCUT2D eigenvalue weighted by Crippen LogP contribution is -2.21. The van der Waals surface area contributed by atoms with Crippen LogP contribution in [-0.4, -0.2) is 17.6 Å². The van der Waals surface area contributed by atoms with Crippen LogP contribution in [0.25, 0.3) is 32.8 Å². The fourth-order valence-corrected chi connectivity index (χ4v) is 4.27. The van der Waals surface area contributed by atoms with E-state index in [1.54, 1.807) is 31.4 Å². The Morgan fingerprint density at radius 2 is 1.55 bits per heavy atom. The molecule has 0 fully saturated rings. The van der Waals surface area contributed by atoms with E-state index in [0.29, 0.717) is 28.1 Å². The minimum Gasteiger partial charge on any atom is -0.497 e. The molecule has 0 bridgehead atoms. The molecule has 1 aromatic heterocycles. The highest BCUT2D eigenvalue weighted by Gasteiger charge is 2.21. The van der Waals surface area contributed by atoms with Gasteiger partial charge in [-0.05, 0) is 46.7 Å². The van der Waals surface area contributed by atoms with Gasteiger partial charge in [-0.1, -0.05) is 60.7 Å². The normalized spacial score (nSPS) is 11.0. The molecule has 0 aliphatic carbocycles. The summed E-state index contributed by atoms with van der Waals surface area (Å²) in [5, 5.41) is 5.58. The Balaban J connectivity index is 1.78. The zero-order valence-electron chi connectivity index (χ0n) is 18.3. The molecule has 0 spiro atoms. The third-order valence-corrected chi connectivity index (χ3v) is 5.93. The molecule has 5 aromatic rings. The summed E-state index contributed by atoms with van der Waals surface area (Å²) < 4.78 is 7.13. The largest absolute Gasteiger partial charge is 0.497 e. The number of hydrogen-bond acceptors (Lipinski definition) is 3. The van der Waals surface area contributed by atoms with Gasteiger partial charge >= 0.3 is 0 Å². The van der Waals surface area contributed by atoms with Crippen molar-refractivity contribution in [1.29, 1.82) is 0 Å². The lowest BCUT2D eigenvalue weighted by molar-refractivity contribution is 0.102. The number of amides is 1. The van der Waals surface area contributed by atoms with Gasteiger partial charge in [0.15, 0.2) is 5.43 Å². The molecule has 5 rings (SSSR count). The summed E-state index contributed by atoms with van der Waals surface area (Å²) in [5.41, 5.74) is 2.30. The Hall–Kier alpha value is -4.38. The molecular weight excluding hydrogens is 412 g/mol. The molecule has 0 aliphatic rings. The van der Waals surface area contributed by atoms with E-state index in [-0.39, 0.29) is 11.3 Å². The van der Waals surface area contributed by atoms with Crippen molar-refractivity contribution in [2.75, 3.05) is 12.4 Å². The van der Waals surface area contributed by atoms with Crippen molar-refractivity contribution in [3.8, 4) is 16.9 Å². The van der Waals surface area contributed by atoms with Crippen molar-refractivity contribution in [3.05, 3.63) is 107 Å². The van der Waals surface area contributed by atoms with Crippen LogP contribution in [0.5, 0.6) is 5.75 Å². The van der Waals surface area contributed by atoms with Gasteiger partial charge in [-0.25, -0.2) is 0 Å². The van der Waals surface area contributed by atoms with Crippen LogP contribution >= 0.6 is 0 Å². The molecule has 5 heteroatoms. The SMILES string of the molecule is COc1cccc(C(=O)Nc2c(-c3cccc4ccccc34)c(=O)c3ccccc3n2C)c1. The van der Waals surface area contributed by atoms with Crippen LogP contribution in [0.2, 0.25) is 0 Å². The summed E-state index contributed by atoms with van der Waals surface area (Å²) in [5.74, 6) is 0.716. The van der Waals surface area contributed by atoms with Crippen LogP contribution in [0, 0.1) is 0 Å². The molecule has 0 saturated heterocycles. The number of carbonyl (C=O) groups is 1. The smallest absolute Gasteiger partial charge is 0.256 e. The average molecular weight is 434 g/mol. The number of methoxy groups -OCH3 is 1. The third kappa shape index (κ3) is 3.53. The number of ether oxygens (including phenoxy) is 1. The number of para-hydroxylation sites is 1. The van der Waals surface area contributed by atoms with Crippen LogP contribution in [-0.2, 0) is 7.05 Å². The minimum absolute atomic E-state index is 0.124. The quantitative estimate of drug-likeness (QED) is 0.399. The Bertz CT molecular complexity index is 1580. The lowest BCUT2D eigenvalue weighted by atomic mass is 9.96. The van der Waals surface area contributed by atoms with E-state index >= 15 is 0 Å². The number of pyridine rings is 1. The molecule has 1 heterocycles. The molecule has 1 N–H and O–H groups in total. The van der Waals surface area contributed by atoms with E-state index in [1.165, 1.54) is 0 Å². The maximum absolute atomic E-state index is 13.8. The van der Waals surface area contributed by atoms with Crippen LogP contribution in [0.15, 0.2) is 95.8 Å². The second-order valence-corrected chi connectivity index (χ2v) is 7.84. The van der Waals surface area contributed by atoms with Crippen molar-refractivity contribution in [2.24, 2.45) is 7.05 Å². The molecule has 0 saturated carbocycles. The maximum Gasteiger partial charge on any atom is 0.256 e. The van der Waals surface area contributed by atoms with E-state index in [2.05, 4.69) is 5.32 Å². The van der Waals surface area contributed by atoms with Crippen molar-refractivity contribution in [1.82, 2.24) is 4.57 Å². The monoisotopic (exact) mass is 434 g/mol. The fourth-order valence-electron chi connectivity index (χ4n) is 4.27. The zero-order valence-corrected chi connectivity index (χ0v) is 18.3. The van der Waals surface area contributed by atoms with Gasteiger partial charge in [0, 0.05) is 18.0 Å². The van der Waals surface area contributed by atoms with Crippen LogP contribution < -0.4 is 15.5 Å². The van der Waals surface area contributed by atoms with Crippen LogP contribution in [0.4, 0.5) is 5.82 Å². The standard InChI is InChI=1S/C28H22N2O3/c1-30-24-16-6-5-14-23(24)26(31)25(22-15-8-10-18-9-3-4-13-21(18)22)27(30)29-28(32)19-11-7-12-20(17-19)33-2/h3-17H,1-2H3,(H,29,32). The summed E-state index contributed by atoms with van der Waals surface area (Å²) in [7, 11) is 3.42. The molecule has 0 atom stereocenters. The van der Waals surface area contributed by atoms with E-state index in [0.717, 1.165) is 21.9 Å². The van der Waals surface area contributed by atoms with Crippen molar-refractivity contribution >= 4 is 33.4 Å². The number of nitrogens with one attached hydrogen (secondary N) is 1. The zero-order chi connectivity index (χ0) is 22.9. The number of aromatic nitrogens is 1. The van der Waals surface area contributed by atoms with Gasteiger partial charge in [0.25, 0.3) is 5.91 Å². The maximum atomic E-state index is 13.8. The molecule has 0 radical (unpaired) electrons. The Labute approximate surface area is 190 Å².